The normalized spacial score (nSPS) is 11.5. The molecule has 0 rings (SSSR count). The summed E-state index contributed by atoms with van der Waals surface area (Å²) in [6.45, 7) is 3.75. The number of carbonyl (C=O) groups is 1. The smallest absolute Gasteiger partial charge is 0.222 e. The number of carbonyl (C=O) groups excluding carboxylic acids is 1. The van der Waals surface area contributed by atoms with Crippen LogP contribution in [0.2, 0.25) is 0 Å². The molecule has 0 radical (unpaired) electrons. The fourth-order valence-electron chi connectivity index (χ4n) is 6.19. The van der Waals surface area contributed by atoms with E-state index >= 15 is 0 Å². The second kappa shape index (κ2) is 37.3. The Bertz CT molecular complexity index is 651. The van der Waals surface area contributed by atoms with Gasteiger partial charge in [-0.05, 0) is 51.4 Å². The molecule has 0 aliphatic rings. The zero-order chi connectivity index (χ0) is 32.9. The Morgan fingerprint density at radius 3 is 1.33 bits per heavy atom. The Kier molecular flexibility index (Phi) is 36.3. The molecule has 0 spiro atoms. The van der Waals surface area contributed by atoms with Crippen LogP contribution in [0.1, 0.15) is 206 Å². The fraction of sp³-hybridized carbons (Fsp3) is 0.900. The molecule has 0 saturated heterocycles. The van der Waals surface area contributed by atoms with E-state index in [1.807, 2.05) is 4.90 Å². The highest BCUT2D eigenvalue weighted by Gasteiger charge is 2.12. The molecule has 0 saturated carbocycles. The first-order valence-corrected chi connectivity index (χ1v) is 19.9. The van der Waals surface area contributed by atoms with E-state index in [1.165, 1.54) is 154 Å². The highest BCUT2D eigenvalue weighted by atomic mass is 16.3. The van der Waals surface area contributed by atoms with Crippen LogP contribution < -0.4 is 0 Å². The number of rotatable bonds is 37. The number of nitrogens with zero attached hydrogens (tertiary/aromatic N) is 1. The quantitative estimate of drug-likeness (QED) is 0.0361. The zero-order valence-electron chi connectivity index (χ0n) is 30.2. The van der Waals surface area contributed by atoms with E-state index in [9.17, 15) is 9.90 Å². The van der Waals surface area contributed by atoms with Gasteiger partial charge in [0, 0.05) is 38.2 Å². The Labute approximate surface area is 280 Å². The summed E-state index contributed by atoms with van der Waals surface area (Å²) in [4.78, 5) is 14.6. The van der Waals surface area contributed by atoms with Gasteiger partial charge in [-0.15, -0.1) is 0 Å². The summed E-state index contributed by atoms with van der Waals surface area (Å²) >= 11 is 0. The fourth-order valence-corrected chi connectivity index (χ4v) is 6.19. The predicted octanol–water partition coefficient (Wildman–Crippen LogP) is 11.5. The third kappa shape index (κ3) is 34.0. The van der Waals surface area contributed by atoms with Gasteiger partial charge in [-0.3, -0.25) is 4.79 Å². The van der Waals surface area contributed by atoms with Crippen molar-refractivity contribution in [2.75, 3.05) is 26.3 Å². The molecule has 0 aliphatic carbocycles. The van der Waals surface area contributed by atoms with Crippen molar-refractivity contribution >= 4 is 11.6 Å². The van der Waals surface area contributed by atoms with Gasteiger partial charge in [0.05, 0.1) is 6.61 Å². The molecule has 5 heteroatoms. The molecule has 0 aromatic rings. The van der Waals surface area contributed by atoms with Crippen molar-refractivity contribution in [2.45, 2.75) is 206 Å². The third-order valence-corrected chi connectivity index (χ3v) is 9.20. The predicted molar refractivity (Wildman–Crippen MR) is 196 cm³/mol. The van der Waals surface area contributed by atoms with Crippen LogP contribution in [0.25, 0.3) is 0 Å². The standard InChI is InChI=1S/C40H78N2O3/c1-2-3-4-5-6-7-8-9-11-15-18-21-24-27-30-33-40(45)42(36-38-44)35-31-28-25-22-19-16-13-10-12-14-17-20-23-26-29-32-39(41)34-37-43/h9,11,41,43-44H,2-8,10,12-38H2,1H3. The average Bonchev–Trinajstić information content (AvgIpc) is 3.03. The zero-order valence-corrected chi connectivity index (χ0v) is 30.2. The second-order valence-electron chi connectivity index (χ2n) is 13.6. The molecule has 1 amide bonds. The van der Waals surface area contributed by atoms with Gasteiger partial charge in [0.1, 0.15) is 0 Å². The monoisotopic (exact) mass is 635 g/mol. The summed E-state index contributed by atoms with van der Waals surface area (Å²) < 4.78 is 0. The van der Waals surface area contributed by atoms with E-state index in [0.29, 0.717) is 25.1 Å². The number of aliphatic hydroxyl groups is 2. The topological polar surface area (TPSA) is 84.6 Å². The highest BCUT2D eigenvalue weighted by molar-refractivity contribution is 5.81. The molecule has 0 aromatic carbocycles. The molecule has 266 valence electrons. The summed E-state index contributed by atoms with van der Waals surface area (Å²) in [6.07, 6.45) is 42.6. The molecule has 5 nitrogen and oxygen atoms in total. The van der Waals surface area contributed by atoms with Crippen LogP contribution in [0.3, 0.4) is 0 Å². The molecule has 0 bridgehead atoms. The third-order valence-electron chi connectivity index (χ3n) is 9.20. The van der Waals surface area contributed by atoms with Crippen LogP contribution in [-0.4, -0.2) is 53.0 Å². The first-order chi connectivity index (χ1) is 22.2. The van der Waals surface area contributed by atoms with Crippen molar-refractivity contribution in [1.29, 1.82) is 5.41 Å². The van der Waals surface area contributed by atoms with Crippen molar-refractivity contribution in [3.8, 4) is 0 Å². The van der Waals surface area contributed by atoms with Crippen LogP contribution in [-0.2, 0) is 4.79 Å². The molecule has 3 N–H and O–H groups in total. The van der Waals surface area contributed by atoms with Gasteiger partial charge >= 0.3 is 0 Å². The minimum Gasteiger partial charge on any atom is -0.396 e. The van der Waals surface area contributed by atoms with Gasteiger partial charge in [0.15, 0.2) is 0 Å². The van der Waals surface area contributed by atoms with Crippen LogP contribution in [0.5, 0.6) is 0 Å². The molecule has 45 heavy (non-hydrogen) atoms. The lowest BCUT2D eigenvalue weighted by atomic mass is 10.0. The largest absolute Gasteiger partial charge is 0.396 e. The second-order valence-corrected chi connectivity index (χ2v) is 13.6. The van der Waals surface area contributed by atoms with Crippen molar-refractivity contribution in [2.24, 2.45) is 0 Å². The minimum absolute atomic E-state index is 0.0660. The molecule has 0 aliphatic heterocycles. The van der Waals surface area contributed by atoms with Crippen LogP contribution in [0.15, 0.2) is 12.2 Å². The number of nitrogens with one attached hydrogen (secondary N) is 1. The van der Waals surface area contributed by atoms with Crippen molar-refractivity contribution in [3.63, 3.8) is 0 Å². The number of unbranched alkanes of at least 4 members (excludes halogenated alkanes) is 25. The lowest BCUT2D eigenvalue weighted by Gasteiger charge is -2.22. The number of amides is 1. The average molecular weight is 635 g/mol. The summed E-state index contributed by atoms with van der Waals surface area (Å²) in [7, 11) is 0. The SMILES string of the molecule is CCCCCCCCC=CCCCCCCCC(=O)N(CCO)CCCCCCCCCCCCCCCCCC(=N)CCO. The van der Waals surface area contributed by atoms with Crippen molar-refractivity contribution in [1.82, 2.24) is 4.90 Å². The van der Waals surface area contributed by atoms with E-state index in [4.69, 9.17) is 10.5 Å². The molecular formula is C40H78N2O3. The van der Waals surface area contributed by atoms with Gasteiger partial charge in [0.2, 0.25) is 5.91 Å². The van der Waals surface area contributed by atoms with E-state index in [-0.39, 0.29) is 19.1 Å². The minimum atomic E-state index is 0.0660. The molecule has 0 aromatic heterocycles. The van der Waals surface area contributed by atoms with Gasteiger partial charge in [-0.1, -0.05) is 154 Å². The molecular weight excluding hydrogens is 556 g/mol. The van der Waals surface area contributed by atoms with E-state index in [2.05, 4.69) is 19.1 Å². The van der Waals surface area contributed by atoms with Crippen molar-refractivity contribution in [3.05, 3.63) is 12.2 Å². The van der Waals surface area contributed by atoms with Gasteiger partial charge in [-0.2, -0.15) is 0 Å². The van der Waals surface area contributed by atoms with Gasteiger partial charge in [0.25, 0.3) is 0 Å². The highest BCUT2D eigenvalue weighted by Crippen LogP contribution is 2.15. The number of allylic oxidation sites excluding steroid dienone is 2. The van der Waals surface area contributed by atoms with E-state index in [0.717, 1.165) is 38.6 Å². The van der Waals surface area contributed by atoms with E-state index < -0.39 is 0 Å². The number of hydrogen-bond acceptors (Lipinski definition) is 4. The first kappa shape index (κ1) is 43.8. The van der Waals surface area contributed by atoms with Crippen LogP contribution >= 0.6 is 0 Å². The van der Waals surface area contributed by atoms with Gasteiger partial charge in [-0.25, -0.2) is 0 Å². The number of hydrogen-bond donors (Lipinski definition) is 3. The summed E-state index contributed by atoms with van der Waals surface area (Å²) in [5.41, 5.74) is 0.702. The first-order valence-electron chi connectivity index (χ1n) is 19.9. The Morgan fingerprint density at radius 1 is 0.489 bits per heavy atom. The summed E-state index contributed by atoms with van der Waals surface area (Å²) in [6, 6.07) is 0. The lowest BCUT2D eigenvalue weighted by Crippen LogP contribution is -2.34. The lowest BCUT2D eigenvalue weighted by molar-refractivity contribution is -0.131. The maximum Gasteiger partial charge on any atom is 0.222 e. The maximum absolute atomic E-state index is 12.7. The van der Waals surface area contributed by atoms with Crippen molar-refractivity contribution < 1.29 is 15.0 Å². The summed E-state index contributed by atoms with van der Waals surface area (Å²) in [5, 5.41) is 26.0. The van der Waals surface area contributed by atoms with Crippen LogP contribution in [0, 0.1) is 5.41 Å². The Hall–Kier alpha value is -1.20. The maximum atomic E-state index is 12.7. The molecule has 0 fully saturated rings. The molecule has 0 heterocycles. The Balaban J connectivity index is 3.53. The number of aliphatic hydroxyl groups excluding tert-OH is 2. The van der Waals surface area contributed by atoms with Crippen LogP contribution in [0.4, 0.5) is 0 Å². The molecule has 0 atom stereocenters. The van der Waals surface area contributed by atoms with Gasteiger partial charge < -0.3 is 20.5 Å². The Morgan fingerprint density at radius 2 is 0.889 bits per heavy atom. The summed E-state index contributed by atoms with van der Waals surface area (Å²) in [5.74, 6) is 0.234. The molecule has 0 unspecified atom stereocenters. The van der Waals surface area contributed by atoms with E-state index in [1.54, 1.807) is 0 Å².